The fourth-order valence-corrected chi connectivity index (χ4v) is 3.70. The average molecular weight is 410 g/mol. The number of carbonyl (C=O) groups is 2. The Kier molecular flexibility index (Phi) is 6.23. The molecule has 0 aliphatic rings. The van der Waals surface area contributed by atoms with E-state index in [9.17, 15) is 14.4 Å². The van der Waals surface area contributed by atoms with Crippen LogP contribution in [0.5, 0.6) is 0 Å². The van der Waals surface area contributed by atoms with E-state index in [0.29, 0.717) is 16.4 Å². The maximum atomic E-state index is 12.6. The molecule has 0 saturated heterocycles. The molecule has 0 aliphatic heterocycles. The lowest BCUT2D eigenvalue weighted by molar-refractivity contribution is 0.0925. The van der Waals surface area contributed by atoms with E-state index >= 15 is 0 Å². The first-order valence-electron chi connectivity index (χ1n) is 9.14. The van der Waals surface area contributed by atoms with Crippen molar-refractivity contribution in [3.8, 4) is 0 Å². The zero-order chi connectivity index (χ0) is 21.0. The molecule has 2 heterocycles. The van der Waals surface area contributed by atoms with E-state index in [-0.39, 0.29) is 34.9 Å². The monoisotopic (exact) mass is 410 g/mol. The standard InChI is InChI=1S/C21H22N4O3S/c1-13(2)18(24-19(27)14-9-10-25(3)17(26)11-14)21-23-16(12-29-21)20(28)22-15-7-5-4-6-8-15/h4-13,18H,1-3H3,(H,22,28)(H,24,27)/t18-/m0/s1. The Morgan fingerprint density at radius 3 is 2.48 bits per heavy atom. The lowest BCUT2D eigenvalue weighted by atomic mass is 10.0. The molecule has 2 aromatic heterocycles. The van der Waals surface area contributed by atoms with E-state index in [1.807, 2.05) is 32.0 Å². The van der Waals surface area contributed by atoms with Gasteiger partial charge in [0.25, 0.3) is 17.4 Å². The van der Waals surface area contributed by atoms with E-state index in [4.69, 9.17) is 0 Å². The summed E-state index contributed by atoms with van der Waals surface area (Å²) in [5.74, 6) is -0.618. The van der Waals surface area contributed by atoms with Crippen LogP contribution in [0.25, 0.3) is 0 Å². The smallest absolute Gasteiger partial charge is 0.275 e. The molecule has 0 spiro atoms. The Morgan fingerprint density at radius 2 is 1.83 bits per heavy atom. The minimum absolute atomic E-state index is 0.0432. The topological polar surface area (TPSA) is 93.1 Å². The van der Waals surface area contributed by atoms with Crippen molar-refractivity contribution in [2.75, 3.05) is 5.32 Å². The number of pyridine rings is 1. The van der Waals surface area contributed by atoms with E-state index in [1.54, 1.807) is 36.8 Å². The molecule has 0 saturated carbocycles. The van der Waals surface area contributed by atoms with Gasteiger partial charge in [-0.05, 0) is 24.1 Å². The van der Waals surface area contributed by atoms with Crippen molar-refractivity contribution >= 4 is 28.8 Å². The molecule has 0 bridgehead atoms. The first-order valence-corrected chi connectivity index (χ1v) is 10.0. The Morgan fingerprint density at radius 1 is 1.10 bits per heavy atom. The van der Waals surface area contributed by atoms with E-state index in [0.717, 1.165) is 0 Å². The maximum absolute atomic E-state index is 12.6. The number of carbonyl (C=O) groups excluding carboxylic acids is 2. The highest BCUT2D eigenvalue weighted by molar-refractivity contribution is 7.10. The predicted octanol–water partition coefficient (Wildman–Crippen LogP) is 3.22. The molecule has 7 nitrogen and oxygen atoms in total. The molecule has 2 N–H and O–H groups in total. The zero-order valence-electron chi connectivity index (χ0n) is 16.4. The van der Waals surface area contributed by atoms with Crippen LogP contribution in [-0.2, 0) is 7.05 Å². The first kappa shape index (κ1) is 20.5. The quantitative estimate of drug-likeness (QED) is 0.653. The summed E-state index contributed by atoms with van der Waals surface area (Å²) in [5.41, 5.74) is 1.01. The van der Waals surface area contributed by atoms with E-state index < -0.39 is 0 Å². The molecule has 1 atom stereocenters. The van der Waals surface area contributed by atoms with Crippen LogP contribution < -0.4 is 16.2 Å². The maximum Gasteiger partial charge on any atom is 0.275 e. The molecule has 0 unspecified atom stereocenters. The Hall–Kier alpha value is -3.26. The van der Waals surface area contributed by atoms with Crippen LogP contribution in [0.1, 0.15) is 45.7 Å². The van der Waals surface area contributed by atoms with Gasteiger partial charge >= 0.3 is 0 Å². The van der Waals surface area contributed by atoms with Gasteiger partial charge in [0.2, 0.25) is 0 Å². The summed E-state index contributed by atoms with van der Waals surface area (Å²) in [6.45, 7) is 3.92. The summed E-state index contributed by atoms with van der Waals surface area (Å²) >= 11 is 1.32. The summed E-state index contributed by atoms with van der Waals surface area (Å²) in [4.78, 5) is 41.3. The summed E-state index contributed by atoms with van der Waals surface area (Å²) in [7, 11) is 1.62. The minimum Gasteiger partial charge on any atom is -0.343 e. The highest BCUT2D eigenvalue weighted by Crippen LogP contribution is 2.26. The van der Waals surface area contributed by atoms with E-state index in [1.165, 1.54) is 22.0 Å². The fourth-order valence-electron chi connectivity index (χ4n) is 2.68. The molecule has 1 aromatic carbocycles. The number of hydrogen-bond donors (Lipinski definition) is 2. The lowest BCUT2D eigenvalue weighted by Crippen LogP contribution is -2.32. The third-order valence-electron chi connectivity index (χ3n) is 4.37. The van der Waals surface area contributed by atoms with Crippen molar-refractivity contribution in [1.82, 2.24) is 14.9 Å². The highest BCUT2D eigenvalue weighted by atomic mass is 32.1. The highest BCUT2D eigenvalue weighted by Gasteiger charge is 2.24. The number of aromatic nitrogens is 2. The van der Waals surface area contributed by atoms with Crippen molar-refractivity contribution in [2.24, 2.45) is 13.0 Å². The van der Waals surface area contributed by atoms with Gasteiger partial charge in [-0.2, -0.15) is 0 Å². The summed E-state index contributed by atoms with van der Waals surface area (Å²) in [6.07, 6.45) is 1.55. The molecule has 3 rings (SSSR count). The van der Waals surface area contributed by atoms with Gasteiger partial charge in [0.15, 0.2) is 0 Å². The van der Waals surface area contributed by atoms with Gasteiger partial charge in [-0.1, -0.05) is 32.0 Å². The number of para-hydroxylation sites is 1. The third-order valence-corrected chi connectivity index (χ3v) is 5.30. The van der Waals surface area contributed by atoms with Crippen LogP contribution in [0, 0.1) is 5.92 Å². The fraction of sp³-hybridized carbons (Fsp3) is 0.238. The van der Waals surface area contributed by atoms with Gasteiger partial charge in [0, 0.05) is 35.9 Å². The first-order chi connectivity index (χ1) is 13.8. The molecule has 0 radical (unpaired) electrons. The second-order valence-corrected chi connectivity index (χ2v) is 7.84. The predicted molar refractivity (Wildman–Crippen MR) is 113 cm³/mol. The molecule has 2 amide bonds. The van der Waals surface area contributed by atoms with Crippen molar-refractivity contribution in [1.29, 1.82) is 0 Å². The number of anilines is 1. The van der Waals surface area contributed by atoms with Crippen molar-refractivity contribution in [3.63, 3.8) is 0 Å². The number of rotatable bonds is 6. The Labute approximate surface area is 172 Å². The van der Waals surface area contributed by atoms with Crippen LogP contribution in [0.4, 0.5) is 5.69 Å². The van der Waals surface area contributed by atoms with Crippen molar-refractivity contribution < 1.29 is 9.59 Å². The Balaban J connectivity index is 1.76. The molecule has 0 fully saturated rings. The molecule has 150 valence electrons. The largest absolute Gasteiger partial charge is 0.343 e. The molecule has 8 heteroatoms. The summed E-state index contributed by atoms with van der Waals surface area (Å²) in [5, 5.41) is 8.03. The van der Waals surface area contributed by atoms with Crippen LogP contribution in [-0.4, -0.2) is 21.4 Å². The number of thiazole rings is 1. The van der Waals surface area contributed by atoms with Crippen molar-refractivity contribution in [2.45, 2.75) is 19.9 Å². The summed E-state index contributed by atoms with van der Waals surface area (Å²) < 4.78 is 1.40. The molecular weight excluding hydrogens is 388 g/mol. The molecule has 0 aliphatic carbocycles. The number of nitrogens with zero attached hydrogens (tertiary/aromatic N) is 2. The van der Waals surface area contributed by atoms with Gasteiger partial charge < -0.3 is 15.2 Å². The van der Waals surface area contributed by atoms with Crippen LogP contribution in [0.2, 0.25) is 0 Å². The van der Waals surface area contributed by atoms with Gasteiger partial charge in [0.05, 0.1) is 6.04 Å². The Bertz CT molecular complexity index is 1070. The van der Waals surface area contributed by atoms with Gasteiger partial charge in [-0.3, -0.25) is 14.4 Å². The lowest BCUT2D eigenvalue weighted by Gasteiger charge is -2.20. The molecule has 29 heavy (non-hydrogen) atoms. The van der Waals surface area contributed by atoms with Crippen LogP contribution in [0.15, 0.2) is 58.8 Å². The van der Waals surface area contributed by atoms with E-state index in [2.05, 4.69) is 15.6 Å². The van der Waals surface area contributed by atoms with Crippen molar-refractivity contribution in [3.05, 3.63) is 80.7 Å². The van der Waals surface area contributed by atoms with Gasteiger partial charge in [0.1, 0.15) is 10.7 Å². The zero-order valence-corrected chi connectivity index (χ0v) is 17.2. The number of aryl methyl sites for hydroxylation is 1. The average Bonchev–Trinajstić information content (AvgIpc) is 3.18. The third kappa shape index (κ3) is 4.97. The van der Waals surface area contributed by atoms with Crippen LogP contribution >= 0.6 is 11.3 Å². The number of amides is 2. The van der Waals surface area contributed by atoms with Crippen LogP contribution in [0.3, 0.4) is 0 Å². The number of hydrogen-bond acceptors (Lipinski definition) is 5. The second kappa shape index (κ2) is 8.83. The van der Waals surface area contributed by atoms with Gasteiger partial charge in [-0.25, -0.2) is 4.98 Å². The SMILES string of the molecule is CC(C)[C@H](NC(=O)c1ccn(C)c(=O)c1)c1nc(C(=O)Nc2ccccc2)cs1. The van der Waals surface area contributed by atoms with Gasteiger partial charge in [-0.15, -0.1) is 11.3 Å². The second-order valence-electron chi connectivity index (χ2n) is 6.95. The molecule has 3 aromatic rings. The minimum atomic E-state index is -0.380. The molecular formula is C21H22N4O3S. The summed E-state index contributed by atoms with van der Waals surface area (Å²) in [6, 6.07) is 11.7. The number of nitrogens with one attached hydrogen (secondary N) is 2. The normalized spacial score (nSPS) is 11.9. The number of benzene rings is 1.